The summed E-state index contributed by atoms with van der Waals surface area (Å²) in [5, 5.41) is 11.1. The van der Waals surface area contributed by atoms with Crippen LogP contribution < -0.4 is 0 Å². The van der Waals surface area contributed by atoms with Crippen LogP contribution in [0.1, 0.15) is 23.6 Å². The second-order valence-corrected chi connectivity index (χ2v) is 5.67. The number of rotatable bonds is 2. The number of cyclic esters (lactones) is 1. The monoisotopic (exact) mass is 294 g/mol. The lowest BCUT2D eigenvalue weighted by atomic mass is 9.84. The van der Waals surface area contributed by atoms with E-state index in [4.69, 9.17) is 4.74 Å². The topological polar surface area (TPSA) is 46.5 Å². The minimum Gasteiger partial charge on any atom is -0.458 e. The van der Waals surface area contributed by atoms with Crippen molar-refractivity contribution in [3.05, 3.63) is 76.9 Å². The molecule has 2 aromatic carbocycles. The summed E-state index contributed by atoms with van der Waals surface area (Å²) in [6.07, 6.45) is 0. The van der Waals surface area contributed by atoms with Crippen LogP contribution in [-0.4, -0.2) is 17.7 Å². The summed E-state index contributed by atoms with van der Waals surface area (Å²) in [7, 11) is 0. The molecule has 3 rings (SSSR count). The average molecular weight is 294 g/mol. The first-order valence-corrected chi connectivity index (χ1v) is 7.26. The van der Waals surface area contributed by atoms with E-state index in [1.54, 1.807) is 0 Å². The molecule has 3 nitrogen and oxygen atoms in total. The summed E-state index contributed by atoms with van der Waals surface area (Å²) in [5.41, 5.74) is 2.40. The van der Waals surface area contributed by atoms with Gasteiger partial charge in [-0.3, -0.25) is 0 Å². The van der Waals surface area contributed by atoms with Crippen molar-refractivity contribution < 1.29 is 14.6 Å². The van der Waals surface area contributed by atoms with Crippen LogP contribution in [-0.2, 0) is 15.1 Å². The van der Waals surface area contributed by atoms with Crippen LogP contribution in [0.15, 0.2) is 60.2 Å². The first-order valence-electron chi connectivity index (χ1n) is 7.26. The van der Waals surface area contributed by atoms with E-state index in [9.17, 15) is 9.90 Å². The van der Waals surface area contributed by atoms with Crippen molar-refractivity contribution in [2.45, 2.75) is 19.4 Å². The lowest BCUT2D eigenvalue weighted by molar-refractivity contribution is -0.135. The number of carbonyl (C=O) groups excluding carboxylic acids is 1. The highest BCUT2D eigenvalue weighted by atomic mass is 16.6. The normalized spacial score (nSPS) is 23.3. The third-order valence-electron chi connectivity index (χ3n) is 4.14. The molecular weight excluding hydrogens is 276 g/mol. The van der Waals surface area contributed by atoms with Gasteiger partial charge in [0, 0.05) is 0 Å². The molecule has 1 fully saturated rings. The fraction of sp³-hybridized carbons (Fsp3) is 0.211. The lowest BCUT2D eigenvalue weighted by Crippen LogP contribution is -2.29. The third kappa shape index (κ3) is 2.34. The molecule has 0 aliphatic carbocycles. The molecule has 0 aromatic heterocycles. The first-order chi connectivity index (χ1) is 10.5. The Balaban J connectivity index is 2.15. The maximum Gasteiger partial charge on any atom is 0.337 e. The molecule has 1 heterocycles. The molecule has 112 valence electrons. The van der Waals surface area contributed by atoms with Gasteiger partial charge >= 0.3 is 5.97 Å². The van der Waals surface area contributed by atoms with Crippen molar-refractivity contribution in [3.63, 3.8) is 0 Å². The van der Waals surface area contributed by atoms with Crippen molar-refractivity contribution in [2.75, 3.05) is 6.61 Å². The van der Waals surface area contributed by atoms with Gasteiger partial charge in [-0.2, -0.15) is 0 Å². The molecule has 3 heteroatoms. The van der Waals surface area contributed by atoms with Crippen molar-refractivity contribution in [1.29, 1.82) is 0 Å². The van der Waals surface area contributed by atoms with Gasteiger partial charge < -0.3 is 9.84 Å². The highest BCUT2D eigenvalue weighted by Gasteiger charge is 2.46. The number of esters is 1. The second kappa shape index (κ2) is 5.43. The van der Waals surface area contributed by atoms with E-state index in [2.05, 4.69) is 0 Å². The number of aryl methyl sites for hydroxylation is 1. The Kier molecular flexibility index (Phi) is 3.59. The minimum atomic E-state index is -1.40. The summed E-state index contributed by atoms with van der Waals surface area (Å²) in [6.45, 7) is 3.81. The van der Waals surface area contributed by atoms with Gasteiger partial charge in [-0.15, -0.1) is 0 Å². The minimum absolute atomic E-state index is 0.0472. The molecule has 0 saturated carbocycles. The highest BCUT2D eigenvalue weighted by Crippen LogP contribution is 2.40. The Morgan fingerprint density at radius 3 is 2.36 bits per heavy atom. The Morgan fingerprint density at radius 2 is 1.73 bits per heavy atom. The van der Waals surface area contributed by atoms with Crippen LogP contribution >= 0.6 is 0 Å². The predicted octanol–water partition coefficient (Wildman–Crippen LogP) is 3.21. The van der Waals surface area contributed by atoms with Crippen LogP contribution in [0.4, 0.5) is 0 Å². The summed E-state index contributed by atoms with van der Waals surface area (Å²) >= 11 is 0. The summed E-state index contributed by atoms with van der Waals surface area (Å²) in [4.78, 5) is 12.2. The fourth-order valence-electron chi connectivity index (χ4n) is 2.84. The number of benzene rings is 2. The summed E-state index contributed by atoms with van der Waals surface area (Å²) in [6, 6.07) is 17.1. The Labute approximate surface area is 129 Å². The zero-order valence-electron chi connectivity index (χ0n) is 12.7. The van der Waals surface area contributed by atoms with E-state index in [1.807, 2.05) is 68.4 Å². The largest absolute Gasteiger partial charge is 0.458 e. The second-order valence-electron chi connectivity index (χ2n) is 5.67. The molecule has 0 radical (unpaired) electrons. The summed E-state index contributed by atoms with van der Waals surface area (Å²) in [5.74, 6) is -0.454. The van der Waals surface area contributed by atoms with Crippen LogP contribution in [0.25, 0.3) is 5.57 Å². The van der Waals surface area contributed by atoms with Crippen LogP contribution in [0.2, 0.25) is 0 Å². The number of aliphatic hydroxyl groups is 1. The van der Waals surface area contributed by atoms with Gasteiger partial charge in [0.1, 0.15) is 6.61 Å². The van der Waals surface area contributed by atoms with Gasteiger partial charge in [-0.05, 0) is 30.5 Å². The van der Waals surface area contributed by atoms with E-state index >= 15 is 0 Å². The van der Waals surface area contributed by atoms with Crippen LogP contribution in [0.5, 0.6) is 0 Å². The van der Waals surface area contributed by atoms with Gasteiger partial charge in [0.05, 0.1) is 5.57 Å². The molecule has 0 bridgehead atoms. The van der Waals surface area contributed by atoms with Crippen LogP contribution in [0, 0.1) is 6.92 Å². The van der Waals surface area contributed by atoms with E-state index in [0.29, 0.717) is 11.1 Å². The van der Waals surface area contributed by atoms with Crippen molar-refractivity contribution in [2.24, 2.45) is 0 Å². The van der Waals surface area contributed by atoms with Crippen molar-refractivity contribution >= 4 is 11.5 Å². The van der Waals surface area contributed by atoms with Crippen molar-refractivity contribution in [3.8, 4) is 0 Å². The standard InChI is InChI=1S/C19H18O3/c1-13-8-10-15(11-9-13)14(2)17-18(20)22-12-19(17,21)16-6-4-3-5-7-16/h3-11,21H,12H2,1-2H3/b17-14-. The SMILES string of the molecule is C/C(=C1\C(=O)OCC1(O)c1ccccc1)c1ccc(C)cc1. The van der Waals surface area contributed by atoms with E-state index in [1.165, 1.54) is 0 Å². The molecule has 1 unspecified atom stereocenters. The lowest BCUT2D eigenvalue weighted by Gasteiger charge is -2.23. The fourth-order valence-corrected chi connectivity index (χ4v) is 2.84. The van der Waals surface area contributed by atoms with E-state index in [0.717, 1.165) is 16.7 Å². The highest BCUT2D eigenvalue weighted by molar-refractivity contribution is 6.01. The molecule has 1 aliphatic heterocycles. The third-order valence-corrected chi connectivity index (χ3v) is 4.14. The van der Waals surface area contributed by atoms with Crippen molar-refractivity contribution in [1.82, 2.24) is 0 Å². The average Bonchev–Trinajstić information content (AvgIpc) is 2.85. The first kappa shape index (κ1) is 14.5. The van der Waals surface area contributed by atoms with Gasteiger partial charge in [-0.25, -0.2) is 4.79 Å². The van der Waals surface area contributed by atoms with E-state index < -0.39 is 11.6 Å². The molecule has 0 amide bonds. The Bertz CT molecular complexity index is 729. The predicted molar refractivity (Wildman–Crippen MR) is 85.1 cm³/mol. The molecule has 1 N–H and O–H groups in total. The van der Waals surface area contributed by atoms with Gasteiger partial charge in [0.2, 0.25) is 0 Å². The Hall–Kier alpha value is -2.39. The molecule has 1 saturated heterocycles. The van der Waals surface area contributed by atoms with Crippen LogP contribution in [0.3, 0.4) is 0 Å². The van der Waals surface area contributed by atoms with E-state index in [-0.39, 0.29) is 6.61 Å². The summed E-state index contributed by atoms with van der Waals surface area (Å²) < 4.78 is 5.16. The number of hydrogen-bond acceptors (Lipinski definition) is 3. The van der Waals surface area contributed by atoms with Gasteiger partial charge in [-0.1, -0.05) is 60.2 Å². The van der Waals surface area contributed by atoms with Gasteiger partial charge in [0.15, 0.2) is 5.60 Å². The number of ether oxygens (including phenoxy) is 1. The smallest absolute Gasteiger partial charge is 0.337 e. The Morgan fingerprint density at radius 1 is 1.09 bits per heavy atom. The number of allylic oxidation sites excluding steroid dienone is 1. The number of hydrogen-bond donors (Lipinski definition) is 1. The number of carbonyl (C=O) groups is 1. The zero-order chi connectivity index (χ0) is 15.7. The van der Waals surface area contributed by atoms with Gasteiger partial charge in [0.25, 0.3) is 0 Å². The maximum absolute atomic E-state index is 12.2. The molecule has 1 aliphatic rings. The quantitative estimate of drug-likeness (QED) is 0.683. The zero-order valence-corrected chi connectivity index (χ0v) is 12.7. The molecule has 2 aromatic rings. The molecular formula is C19H18O3. The maximum atomic E-state index is 12.2. The molecule has 1 atom stereocenters. The molecule has 22 heavy (non-hydrogen) atoms. The molecule has 0 spiro atoms.